The molecule has 0 spiro atoms. The first kappa shape index (κ1) is 15.9. The third-order valence-electron chi connectivity index (χ3n) is 3.84. The standard InChI is InChI=1S/C16H20N2O2S/c1-21-16(8-2-3-9-16)12-18-15(20)14-13(7-5-11-19)6-4-10-17-14/h4,6,10,19H,2-3,8-9,11-12H2,1H3,(H,18,20). The van der Waals surface area contributed by atoms with Crippen LogP contribution in [0.4, 0.5) is 0 Å². The summed E-state index contributed by atoms with van der Waals surface area (Å²) in [4.78, 5) is 16.5. The summed E-state index contributed by atoms with van der Waals surface area (Å²) in [7, 11) is 0. The molecule has 1 aromatic heterocycles. The van der Waals surface area contributed by atoms with Gasteiger partial charge in [-0.25, -0.2) is 4.98 Å². The largest absolute Gasteiger partial charge is 0.384 e. The van der Waals surface area contributed by atoms with Crippen LogP contribution in [-0.4, -0.2) is 40.2 Å². The second-order valence-corrected chi connectivity index (χ2v) is 6.41. The number of nitrogens with one attached hydrogen (secondary N) is 1. The quantitative estimate of drug-likeness (QED) is 0.833. The van der Waals surface area contributed by atoms with Gasteiger partial charge in [-0.15, -0.1) is 0 Å². The monoisotopic (exact) mass is 304 g/mol. The highest BCUT2D eigenvalue weighted by molar-refractivity contribution is 8.00. The van der Waals surface area contributed by atoms with Crippen molar-refractivity contribution in [3.05, 3.63) is 29.6 Å². The van der Waals surface area contributed by atoms with Gasteiger partial charge in [-0.05, 0) is 31.2 Å². The topological polar surface area (TPSA) is 62.2 Å². The molecule has 0 aromatic carbocycles. The Labute approximate surface area is 129 Å². The van der Waals surface area contributed by atoms with Crippen molar-refractivity contribution in [3.8, 4) is 11.8 Å². The van der Waals surface area contributed by atoms with Crippen molar-refractivity contribution in [1.29, 1.82) is 0 Å². The maximum absolute atomic E-state index is 12.3. The van der Waals surface area contributed by atoms with E-state index in [1.165, 1.54) is 12.8 Å². The Morgan fingerprint density at radius 1 is 1.52 bits per heavy atom. The summed E-state index contributed by atoms with van der Waals surface area (Å²) in [6.07, 6.45) is 8.44. The van der Waals surface area contributed by atoms with E-state index in [-0.39, 0.29) is 17.3 Å². The average molecular weight is 304 g/mol. The molecule has 1 saturated carbocycles. The van der Waals surface area contributed by atoms with Crippen LogP contribution in [0, 0.1) is 11.8 Å². The van der Waals surface area contributed by atoms with E-state index >= 15 is 0 Å². The van der Waals surface area contributed by atoms with Gasteiger partial charge in [0.25, 0.3) is 5.91 Å². The fourth-order valence-electron chi connectivity index (χ4n) is 2.62. The molecule has 0 unspecified atom stereocenters. The maximum atomic E-state index is 12.3. The van der Waals surface area contributed by atoms with Crippen LogP contribution in [0.15, 0.2) is 18.3 Å². The number of aliphatic hydroxyl groups excluding tert-OH is 1. The molecule has 0 atom stereocenters. The minimum absolute atomic E-state index is 0.168. The molecule has 0 radical (unpaired) electrons. The number of amides is 1. The Balaban J connectivity index is 2.07. The van der Waals surface area contributed by atoms with Gasteiger partial charge in [0.15, 0.2) is 0 Å². The normalized spacial score (nSPS) is 16.1. The zero-order valence-electron chi connectivity index (χ0n) is 12.2. The lowest BCUT2D eigenvalue weighted by Crippen LogP contribution is -2.39. The molecule has 4 nitrogen and oxygen atoms in total. The zero-order valence-corrected chi connectivity index (χ0v) is 13.0. The summed E-state index contributed by atoms with van der Waals surface area (Å²) >= 11 is 1.84. The Morgan fingerprint density at radius 2 is 2.29 bits per heavy atom. The Hall–Kier alpha value is -1.51. The minimum atomic E-state index is -0.231. The van der Waals surface area contributed by atoms with Crippen molar-refractivity contribution in [2.24, 2.45) is 0 Å². The van der Waals surface area contributed by atoms with E-state index in [0.29, 0.717) is 17.8 Å². The van der Waals surface area contributed by atoms with Crippen LogP contribution in [-0.2, 0) is 0 Å². The van der Waals surface area contributed by atoms with E-state index in [2.05, 4.69) is 28.4 Å². The van der Waals surface area contributed by atoms with Gasteiger partial charge < -0.3 is 10.4 Å². The number of hydrogen-bond acceptors (Lipinski definition) is 4. The molecule has 112 valence electrons. The lowest BCUT2D eigenvalue weighted by molar-refractivity contribution is 0.0944. The molecule has 0 aliphatic heterocycles. The zero-order chi connectivity index (χ0) is 15.1. The van der Waals surface area contributed by atoms with Crippen LogP contribution in [0.3, 0.4) is 0 Å². The fourth-order valence-corrected chi connectivity index (χ4v) is 3.53. The number of pyridine rings is 1. The Morgan fingerprint density at radius 3 is 2.95 bits per heavy atom. The van der Waals surface area contributed by atoms with Crippen molar-refractivity contribution in [3.63, 3.8) is 0 Å². The van der Waals surface area contributed by atoms with E-state index in [0.717, 1.165) is 12.8 Å². The molecule has 21 heavy (non-hydrogen) atoms. The van der Waals surface area contributed by atoms with Gasteiger partial charge in [-0.1, -0.05) is 24.7 Å². The van der Waals surface area contributed by atoms with Gasteiger partial charge in [-0.3, -0.25) is 4.79 Å². The summed E-state index contributed by atoms with van der Waals surface area (Å²) in [6, 6.07) is 3.48. The summed E-state index contributed by atoms with van der Waals surface area (Å²) < 4.78 is 0.168. The molecule has 1 fully saturated rings. The lowest BCUT2D eigenvalue weighted by Gasteiger charge is -2.26. The number of aliphatic hydroxyl groups is 1. The number of carbonyl (C=O) groups excluding carboxylic acids is 1. The summed E-state index contributed by atoms with van der Waals surface area (Å²) in [5, 5.41) is 11.8. The third kappa shape index (κ3) is 3.99. The molecule has 1 aliphatic carbocycles. The van der Waals surface area contributed by atoms with Crippen molar-refractivity contribution in [1.82, 2.24) is 10.3 Å². The molecule has 1 heterocycles. The number of thioether (sulfide) groups is 1. The number of nitrogens with zero attached hydrogens (tertiary/aromatic N) is 1. The van der Waals surface area contributed by atoms with Crippen LogP contribution in [0.25, 0.3) is 0 Å². The molecule has 1 aliphatic rings. The van der Waals surface area contributed by atoms with Gasteiger partial charge in [0.05, 0.1) is 5.56 Å². The van der Waals surface area contributed by atoms with Crippen LogP contribution >= 0.6 is 11.8 Å². The Bertz CT molecular complexity index is 557. The first-order valence-electron chi connectivity index (χ1n) is 7.09. The second kappa shape index (κ2) is 7.48. The first-order valence-corrected chi connectivity index (χ1v) is 8.31. The number of carbonyl (C=O) groups is 1. The molecule has 2 rings (SSSR count). The van der Waals surface area contributed by atoms with E-state index in [4.69, 9.17) is 5.11 Å². The molecule has 5 heteroatoms. The third-order valence-corrected chi connectivity index (χ3v) is 5.26. The summed E-state index contributed by atoms with van der Waals surface area (Å²) in [5.41, 5.74) is 0.876. The van der Waals surface area contributed by atoms with Gasteiger partial charge in [-0.2, -0.15) is 11.8 Å². The maximum Gasteiger partial charge on any atom is 0.271 e. The molecular weight excluding hydrogens is 284 g/mol. The van der Waals surface area contributed by atoms with E-state index < -0.39 is 0 Å². The van der Waals surface area contributed by atoms with E-state index in [9.17, 15) is 4.79 Å². The van der Waals surface area contributed by atoms with Gasteiger partial charge in [0.2, 0.25) is 0 Å². The van der Waals surface area contributed by atoms with E-state index in [1.807, 2.05) is 11.8 Å². The highest BCUT2D eigenvalue weighted by Crippen LogP contribution is 2.39. The molecule has 1 aromatic rings. The SMILES string of the molecule is CSC1(CNC(=O)c2ncccc2C#CCO)CCCC1. The fraction of sp³-hybridized carbons (Fsp3) is 0.500. The predicted molar refractivity (Wildman–Crippen MR) is 85.2 cm³/mol. The minimum Gasteiger partial charge on any atom is -0.384 e. The van der Waals surface area contributed by atoms with Crippen LogP contribution in [0.1, 0.15) is 41.7 Å². The van der Waals surface area contributed by atoms with Crippen molar-refractivity contribution >= 4 is 17.7 Å². The Kier molecular flexibility index (Phi) is 5.66. The predicted octanol–water partition coefficient (Wildman–Crippen LogP) is 1.83. The molecule has 1 amide bonds. The molecular formula is C16H20N2O2S. The average Bonchev–Trinajstić information content (AvgIpc) is 3.00. The van der Waals surface area contributed by atoms with Crippen molar-refractivity contribution < 1.29 is 9.90 Å². The van der Waals surface area contributed by atoms with Crippen LogP contribution in [0.2, 0.25) is 0 Å². The van der Waals surface area contributed by atoms with Gasteiger partial charge in [0, 0.05) is 17.5 Å². The smallest absolute Gasteiger partial charge is 0.271 e. The van der Waals surface area contributed by atoms with Gasteiger partial charge >= 0.3 is 0 Å². The molecule has 0 saturated heterocycles. The summed E-state index contributed by atoms with van der Waals surface area (Å²) in [6.45, 7) is 0.433. The second-order valence-electron chi connectivity index (χ2n) is 5.14. The number of hydrogen-bond donors (Lipinski definition) is 2. The number of aromatic nitrogens is 1. The number of rotatable bonds is 4. The summed E-state index contributed by atoms with van der Waals surface area (Å²) in [5.74, 6) is 5.13. The lowest BCUT2D eigenvalue weighted by atomic mass is 10.1. The highest BCUT2D eigenvalue weighted by Gasteiger charge is 2.33. The van der Waals surface area contributed by atoms with Crippen molar-refractivity contribution in [2.45, 2.75) is 30.4 Å². The van der Waals surface area contributed by atoms with Crippen LogP contribution < -0.4 is 5.32 Å². The van der Waals surface area contributed by atoms with Gasteiger partial charge in [0.1, 0.15) is 12.3 Å². The first-order chi connectivity index (χ1) is 10.2. The van der Waals surface area contributed by atoms with Crippen molar-refractivity contribution in [2.75, 3.05) is 19.4 Å². The van der Waals surface area contributed by atoms with E-state index in [1.54, 1.807) is 18.3 Å². The molecule has 0 bridgehead atoms. The molecule has 2 N–H and O–H groups in total. The van der Waals surface area contributed by atoms with Crippen LogP contribution in [0.5, 0.6) is 0 Å². The highest BCUT2D eigenvalue weighted by atomic mass is 32.2.